The van der Waals surface area contributed by atoms with Gasteiger partial charge in [0.2, 0.25) is 0 Å². The smallest absolute Gasteiger partial charge is 0.339 e. The molecule has 0 saturated heterocycles. The molecule has 0 amide bonds. The van der Waals surface area contributed by atoms with E-state index < -0.39 is 0 Å². The second kappa shape index (κ2) is 5.45. The van der Waals surface area contributed by atoms with Crippen LogP contribution in [0.2, 0.25) is 0 Å². The first kappa shape index (κ1) is 14.3. The quantitative estimate of drug-likeness (QED) is 0.778. The van der Waals surface area contributed by atoms with Crippen LogP contribution < -0.4 is 0 Å². The van der Waals surface area contributed by atoms with Crippen LogP contribution in [0.3, 0.4) is 0 Å². The Morgan fingerprint density at radius 1 is 1.05 bits per heavy atom. The van der Waals surface area contributed by atoms with Crippen LogP contribution >= 0.6 is 0 Å². The minimum atomic E-state index is -0.368. The fourth-order valence-electron chi connectivity index (χ4n) is 1.94. The van der Waals surface area contributed by atoms with Crippen molar-refractivity contribution in [3.8, 4) is 11.3 Å². The largest absolute Gasteiger partial charge is 0.465 e. The molecule has 104 valence electrons. The molecule has 0 aliphatic rings. The molecule has 1 aromatic carbocycles. The van der Waals surface area contributed by atoms with E-state index in [9.17, 15) is 4.79 Å². The van der Waals surface area contributed by atoms with Crippen molar-refractivity contribution in [1.82, 2.24) is 4.98 Å². The van der Waals surface area contributed by atoms with Gasteiger partial charge in [0.1, 0.15) is 0 Å². The van der Waals surface area contributed by atoms with Gasteiger partial charge in [-0.05, 0) is 23.1 Å². The number of esters is 1. The van der Waals surface area contributed by atoms with E-state index >= 15 is 0 Å². The van der Waals surface area contributed by atoms with Crippen molar-refractivity contribution < 1.29 is 9.53 Å². The van der Waals surface area contributed by atoms with Gasteiger partial charge in [-0.15, -0.1) is 0 Å². The number of carbonyl (C=O) groups is 1. The number of pyridine rings is 1. The maximum Gasteiger partial charge on any atom is 0.339 e. The fraction of sp³-hybridized carbons (Fsp3) is 0.294. The summed E-state index contributed by atoms with van der Waals surface area (Å²) in [6.07, 6.45) is 1.54. The highest BCUT2D eigenvalue weighted by Crippen LogP contribution is 2.25. The van der Waals surface area contributed by atoms with Crippen molar-refractivity contribution in [3.05, 3.63) is 53.7 Å². The Morgan fingerprint density at radius 3 is 2.15 bits per heavy atom. The number of carbonyl (C=O) groups excluding carboxylic acids is 1. The van der Waals surface area contributed by atoms with Gasteiger partial charge in [-0.25, -0.2) is 4.79 Å². The summed E-state index contributed by atoms with van der Waals surface area (Å²) in [6, 6.07) is 11.9. The molecule has 0 unspecified atom stereocenters. The van der Waals surface area contributed by atoms with E-state index in [1.54, 1.807) is 12.3 Å². The summed E-state index contributed by atoms with van der Waals surface area (Å²) in [5.74, 6) is -0.368. The monoisotopic (exact) mass is 269 g/mol. The van der Waals surface area contributed by atoms with Gasteiger partial charge in [-0.1, -0.05) is 45.0 Å². The second-order valence-corrected chi connectivity index (χ2v) is 5.75. The van der Waals surface area contributed by atoms with Crippen molar-refractivity contribution in [3.63, 3.8) is 0 Å². The summed E-state index contributed by atoms with van der Waals surface area (Å²) in [5, 5.41) is 0. The molecule has 0 aliphatic heterocycles. The predicted molar refractivity (Wildman–Crippen MR) is 79.7 cm³/mol. The Labute approximate surface area is 119 Å². The van der Waals surface area contributed by atoms with Crippen LogP contribution in [0, 0.1) is 0 Å². The Balaban J connectivity index is 2.26. The zero-order valence-corrected chi connectivity index (χ0v) is 12.3. The maximum absolute atomic E-state index is 11.4. The Hall–Kier alpha value is -2.16. The fourth-order valence-corrected chi connectivity index (χ4v) is 1.94. The van der Waals surface area contributed by atoms with E-state index in [0.29, 0.717) is 5.56 Å². The number of hydrogen-bond donors (Lipinski definition) is 0. The molecular formula is C17H19NO2. The van der Waals surface area contributed by atoms with Crippen LogP contribution in [0.25, 0.3) is 11.3 Å². The molecule has 0 spiro atoms. The molecule has 0 radical (unpaired) electrons. The highest BCUT2D eigenvalue weighted by atomic mass is 16.5. The number of methoxy groups -OCH3 is 1. The third-order valence-electron chi connectivity index (χ3n) is 3.23. The first-order valence-corrected chi connectivity index (χ1v) is 6.57. The number of nitrogens with zero attached hydrogens (tertiary/aromatic N) is 1. The molecule has 0 bridgehead atoms. The number of rotatable bonds is 2. The lowest BCUT2D eigenvalue weighted by Crippen LogP contribution is -2.10. The number of benzene rings is 1. The molecule has 0 fully saturated rings. The lowest BCUT2D eigenvalue weighted by Gasteiger charge is -2.19. The van der Waals surface area contributed by atoms with Gasteiger partial charge in [-0.3, -0.25) is 4.98 Å². The molecule has 1 aromatic heterocycles. The van der Waals surface area contributed by atoms with Crippen LogP contribution in [-0.4, -0.2) is 18.1 Å². The average molecular weight is 269 g/mol. The van der Waals surface area contributed by atoms with Crippen molar-refractivity contribution in [2.24, 2.45) is 0 Å². The summed E-state index contributed by atoms with van der Waals surface area (Å²) in [6.45, 7) is 6.56. The van der Waals surface area contributed by atoms with Gasteiger partial charge < -0.3 is 4.74 Å². The molecule has 3 nitrogen and oxygen atoms in total. The van der Waals surface area contributed by atoms with Gasteiger partial charge in [-0.2, -0.15) is 0 Å². The molecule has 20 heavy (non-hydrogen) atoms. The number of hydrogen-bond acceptors (Lipinski definition) is 3. The molecule has 0 N–H and O–H groups in total. The maximum atomic E-state index is 11.4. The van der Waals surface area contributed by atoms with E-state index in [-0.39, 0.29) is 11.4 Å². The highest BCUT2D eigenvalue weighted by molar-refractivity contribution is 5.89. The molecule has 1 heterocycles. The summed E-state index contributed by atoms with van der Waals surface area (Å²) < 4.78 is 4.66. The van der Waals surface area contributed by atoms with Gasteiger partial charge in [0.25, 0.3) is 0 Å². The van der Waals surface area contributed by atoms with E-state index in [1.165, 1.54) is 12.7 Å². The first-order chi connectivity index (χ1) is 9.41. The van der Waals surface area contributed by atoms with Gasteiger partial charge in [0, 0.05) is 11.8 Å². The minimum Gasteiger partial charge on any atom is -0.465 e. The summed E-state index contributed by atoms with van der Waals surface area (Å²) in [4.78, 5) is 15.7. The highest BCUT2D eigenvalue weighted by Gasteiger charge is 2.13. The van der Waals surface area contributed by atoms with Gasteiger partial charge in [0.05, 0.1) is 18.4 Å². The summed E-state index contributed by atoms with van der Waals surface area (Å²) in [7, 11) is 1.36. The van der Waals surface area contributed by atoms with E-state index in [4.69, 9.17) is 0 Å². The second-order valence-electron chi connectivity index (χ2n) is 5.75. The Kier molecular flexibility index (Phi) is 3.89. The topological polar surface area (TPSA) is 39.2 Å². The standard InChI is InChI=1S/C17H19NO2/c1-17(2,3)14-8-5-12(6-9-14)15-10-7-13(11-18-15)16(19)20-4/h5-11H,1-4H3. The van der Waals surface area contributed by atoms with Crippen molar-refractivity contribution >= 4 is 5.97 Å². The predicted octanol–water partition coefficient (Wildman–Crippen LogP) is 3.83. The zero-order chi connectivity index (χ0) is 14.8. The molecule has 0 saturated carbocycles. The van der Waals surface area contributed by atoms with Gasteiger partial charge in [0.15, 0.2) is 0 Å². The minimum absolute atomic E-state index is 0.140. The lowest BCUT2D eigenvalue weighted by molar-refractivity contribution is 0.0600. The molecule has 2 aromatic rings. The van der Waals surface area contributed by atoms with E-state index in [0.717, 1.165) is 11.3 Å². The molecule has 2 rings (SSSR count). The van der Waals surface area contributed by atoms with Crippen LogP contribution in [0.4, 0.5) is 0 Å². The summed E-state index contributed by atoms with van der Waals surface area (Å²) >= 11 is 0. The first-order valence-electron chi connectivity index (χ1n) is 6.57. The SMILES string of the molecule is COC(=O)c1ccc(-c2ccc(C(C)(C)C)cc2)nc1. The third-order valence-corrected chi connectivity index (χ3v) is 3.23. The van der Waals surface area contributed by atoms with Crippen LogP contribution in [-0.2, 0) is 10.2 Å². The molecule has 3 heteroatoms. The van der Waals surface area contributed by atoms with Crippen molar-refractivity contribution in [1.29, 1.82) is 0 Å². The summed E-state index contributed by atoms with van der Waals surface area (Å²) in [5.41, 5.74) is 3.77. The van der Waals surface area contributed by atoms with Gasteiger partial charge >= 0.3 is 5.97 Å². The zero-order valence-electron chi connectivity index (χ0n) is 12.3. The van der Waals surface area contributed by atoms with Crippen molar-refractivity contribution in [2.45, 2.75) is 26.2 Å². The number of ether oxygens (including phenoxy) is 1. The van der Waals surface area contributed by atoms with Crippen molar-refractivity contribution in [2.75, 3.05) is 7.11 Å². The Morgan fingerprint density at radius 2 is 1.70 bits per heavy atom. The Bertz CT molecular complexity index is 592. The van der Waals surface area contributed by atoms with Crippen LogP contribution in [0.5, 0.6) is 0 Å². The van der Waals surface area contributed by atoms with E-state index in [2.05, 4.69) is 54.8 Å². The molecular weight excluding hydrogens is 250 g/mol. The normalized spacial score (nSPS) is 11.2. The number of aromatic nitrogens is 1. The third kappa shape index (κ3) is 3.05. The van der Waals surface area contributed by atoms with Crippen LogP contribution in [0.1, 0.15) is 36.7 Å². The molecule has 0 atom stereocenters. The lowest BCUT2D eigenvalue weighted by atomic mass is 9.86. The molecule has 0 aliphatic carbocycles. The van der Waals surface area contributed by atoms with Crippen LogP contribution in [0.15, 0.2) is 42.6 Å². The van der Waals surface area contributed by atoms with E-state index in [1.807, 2.05) is 6.07 Å². The average Bonchev–Trinajstić information content (AvgIpc) is 2.46.